The predicted molar refractivity (Wildman–Crippen MR) is 70.2 cm³/mol. The molecule has 0 aromatic carbocycles. The summed E-state index contributed by atoms with van der Waals surface area (Å²) in [6.07, 6.45) is 1.14. The molecule has 1 fully saturated rings. The van der Waals surface area contributed by atoms with Gasteiger partial charge < -0.3 is 15.2 Å². The van der Waals surface area contributed by atoms with Crippen molar-refractivity contribution in [1.29, 1.82) is 0 Å². The third kappa shape index (κ3) is 4.92. The maximum atomic E-state index is 9.10. The topological polar surface area (TPSA) is 44.7 Å². The summed E-state index contributed by atoms with van der Waals surface area (Å²) in [6.45, 7) is 10.6. The largest absolute Gasteiger partial charge is 0.394 e. The van der Waals surface area contributed by atoms with Gasteiger partial charge in [0.05, 0.1) is 19.3 Å². The van der Waals surface area contributed by atoms with Crippen LogP contribution < -0.4 is 5.32 Å². The molecule has 1 aliphatic rings. The molecule has 102 valence electrons. The highest BCUT2D eigenvalue weighted by Crippen LogP contribution is 2.22. The maximum absolute atomic E-state index is 9.10. The van der Waals surface area contributed by atoms with E-state index in [-0.39, 0.29) is 18.1 Å². The lowest BCUT2D eigenvalue weighted by Gasteiger charge is -2.35. The van der Waals surface area contributed by atoms with Crippen molar-refractivity contribution in [2.24, 2.45) is 5.41 Å². The molecule has 4 heteroatoms. The van der Waals surface area contributed by atoms with E-state index in [0.29, 0.717) is 6.04 Å². The normalized spacial score (nSPS) is 24.9. The van der Waals surface area contributed by atoms with E-state index in [4.69, 9.17) is 9.84 Å². The first kappa shape index (κ1) is 14.9. The monoisotopic (exact) mass is 244 g/mol. The summed E-state index contributed by atoms with van der Waals surface area (Å²) in [6, 6.07) is 0.526. The summed E-state index contributed by atoms with van der Waals surface area (Å²) in [7, 11) is 2.03. The fourth-order valence-corrected chi connectivity index (χ4v) is 2.42. The van der Waals surface area contributed by atoms with Gasteiger partial charge in [0.1, 0.15) is 0 Å². The van der Waals surface area contributed by atoms with Crippen LogP contribution >= 0.6 is 0 Å². The number of rotatable bonds is 5. The van der Waals surface area contributed by atoms with Gasteiger partial charge in [-0.05, 0) is 25.4 Å². The minimum absolute atomic E-state index is 0.00595. The summed E-state index contributed by atoms with van der Waals surface area (Å²) < 4.78 is 5.45. The van der Waals surface area contributed by atoms with E-state index in [1.54, 1.807) is 0 Å². The van der Waals surface area contributed by atoms with Crippen LogP contribution in [0.25, 0.3) is 0 Å². The first-order chi connectivity index (χ1) is 7.97. The molecule has 1 aliphatic heterocycles. The Balaban J connectivity index is 2.34. The van der Waals surface area contributed by atoms with E-state index in [2.05, 4.69) is 31.0 Å². The Bertz CT molecular complexity index is 216. The first-order valence-electron chi connectivity index (χ1n) is 6.59. The number of morpholine rings is 1. The van der Waals surface area contributed by atoms with Gasteiger partial charge in [0.2, 0.25) is 0 Å². The van der Waals surface area contributed by atoms with Crippen molar-refractivity contribution in [2.45, 2.75) is 39.3 Å². The van der Waals surface area contributed by atoms with Gasteiger partial charge in [-0.1, -0.05) is 20.8 Å². The van der Waals surface area contributed by atoms with E-state index < -0.39 is 0 Å². The van der Waals surface area contributed by atoms with Crippen LogP contribution in [0.5, 0.6) is 0 Å². The average molecular weight is 244 g/mol. The molecular weight excluding hydrogens is 216 g/mol. The van der Waals surface area contributed by atoms with Crippen LogP contribution in [0.4, 0.5) is 0 Å². The Hall–Kier alpha value is -0.160. The number of aliphatic hydroxyl groups excluding tert-OH is 1. The van der Waals surface area contributed by atoms with Gasteiger partial charge in [0.25, 0.3) is 0 Å². The lowest BCUT2D eigenvalue weighted by atomic mass is 9.85. The Labute approximate surface area is 105 Å². The van der Waals surface area contributed by atoms with Crippen LogP contribution in [-0.2, 0) is 4.74 Å². The number of nitrogens with one attached hydrogen (secondary N) is 1. The molecule has 1 rings (SSSR count). The van der Waals surface area contributed by atoms with Crippen LogP contribution in [0.2, 0.25) is 0 Å². The van der Waals surface area contributed by atoms with Crippen LogP contribution in [0.1, 0.15) is 27.2 Å². The summed E-state index contributed by atoms with van der Waals surface area (Å²) in [5.74, 6) is 0. The van der Waals surface area contributed by atoms with Gasteiger partial charge in [-0.2, -0.15) is 0 Å². The number of ether oxygens (including phenoxy) is 1. The Kier molecular flexibility index (Phi) is 5.86. The van der Waals surface area contributed by atoms with E-state index >= 15 is 0 Å². The Morgan fingerprint density at radius 2 is 2.18 bits per heavy atom. The van der Waals surface area contributed by atoms with Crippen molar-refractivity contribution in [2.75, 3.05) is 39.9 Å². The van der Waals surface area contributed by atoms with Crippen LogP contribution in [0, 0.1) is 5.41 Å². The Morgan fingerprint density at radius 3 is 2.71 bits per heavy atom. The van der Waals surface area contributed by atoms with Gasteiger partial charge in [-0.15, -0.1) is 0 Å². The van der Waals surface area contributed by atoms with Crippen molar-refractivity contribution in [3.63, 3.8) is 0 Å². The molecule has 1 saturated heterocycles. The standard InChI is InChI=1S/C13H28N2O2/c1-13(2,3)12(14-4)5-6-15-7-8-17-11(9-15)10-16/h11-12,14,16H,5-10H2,1-4H3. The summed E-state index contributed by atoms with van der Waals surface area (Å²) >= 11 is 0. The zero-order chi connectivity index (χ0) is 12.9. The van der Waals surface area contributed by atoms with Crippen molar-refractivity contribution in [3.05, 3.63) is 0 Å². The molecule has 2 unspecified atom stereocenters. The van der Waals surface area contributed by atoms with Crippen molar-refractivity contribution >= 4 is 0 Å². The molecule has 17 heavy (non-hydrogen) atoms. The first-order valence-corrected chi connectivity index (χ1v) is 6.59. The third-order valence-corrected chi connectivity index (χ3v) is 3.55. The van der Waals surface area contributed by atoms with E-state index in [9.17, 15) is 0 Å². The molecule has 0 spiro atoms. The molecule has 4 nitrogen and oxygen atoms in total. The molecule has 0 aromatic heterocycles. The minimum atomic E-state index is 0.00595. The molecule has 2 N–H and O–H groups in total. The van der Waals surface area contributed by atoms with Gasteiger partial charge in [-0.25, -0.2) is 0 Å². The van der Waals surface area contributed by atoms with Crippen LogP contribution in [0.15, 0.2) is 0 Å². The van der Waals surface area contributed by atoms with Crippen molar-refractivity contribution in [1.82, 2.24) is 10.2 Å². The third-order valence-electron chi connectivity index (χ3n) is 3.55. The summed E-state index contributed by atoms with van der Waals surface area (Å²) in [5.41, 5.74) is 0.289. The second-order valence-corrected chi connectivity index (χ2v) is 5.97. The molecule has 0 bridgehead atoms. The second-order valence-electron chi connectivity index (χ2n) is 5.97. The molecule has 0 aromatic rings. The number of nitrogens with zero attached hydrogens (tertiary/aromatic N) is 1. The molecule has 0 aliphatic carbocycles. The van der Waals surface area contributed by atoms with Crippen LogP contribution in [0.3, 0.4) is 0 Å². The summed E-state index contributed by atoms with van der Waals surface area (Å²) in [5, 5.41) is 12.5. The highest BCUT2D eigenvalue weighted by molar-refractivity contribution is 4.81. The maximum Gasteiger partial charge on any atom is 0.0932 e. The quantitative estimate of drug-likeness (QED) is 0.747. The minimum Gasteiger partial charge on any atom is -0.394 e. The van der Waals surface area contributed by atoms with Gasteiger partial charge >= 0.3 is 0 Å². The molecule has 0 radical (unpaired) electrons. The van der Waals surface area contributed by atoms with E-state index in [1.165, 1.54) is 0 Å². The van der Waals surface area contributed by atoms with Gasteiger partial charge in [0, 0.05) is 19.1 Å². The second kappa shape index (κ2) is 6.69. The highest BCUT2D eigenvalue weighted by Gasteiger charge is 2.25. The predicted octanol–water partition coefficient (Wildman–Crippen LogP) is 0.704. The molecule has 0 saturated carbocycles. The average Bonchev–Trinajstić information content (AvgIpc) is 2.28. The van der Waals surface area contributed by atoms with Crippen LogP contribution in [-0.4, -0.2) is 62.0 Å². The van der Waals surface area contributed by atoms with E-state index in [1.807, 2.05) is 7.05 Å². The number of aliphatic hydroxyl groups is 1. The molecular formula is C13H28N2O2. The molecule has 1 heterocycles. The SMILES string of the molecule is CNC(CCN1CCOC(CO)C1)C(C)(C)C. The van der Waals surface area contributed by atoms with Gasteiger partial charge in [0.15, 0.2) is 0 Å². The summed E-state index contributed by atoms with van der Waals surface area (Å²) in [4.78, 5) is 2.39. The Morgan fingerprint density at radius 1 is 1.47 bits per heavy atom. The number of hydrogen-bond donors (Lipinski definition) is 2. The lowest BCUT2D eigenvalue weighted by Crippen LogP contribution is -2.47. The fourth-order valence-electron chi connectivity index (χ4n) is 2.42. The van der Waals surface area contributed by atoms with Crippen molar-refractivity contribution < 1.29 is 9.84 Å². The molecule has 2 atom stereocenters. The zero-order valence-electron chi connectivity index (χ0n) is 11.7. The lowest BCUT2D eigenvalue weighted by molar-refractivity contribution is -0.0539. The fraction of sp³-hybridized carbons (Fsp3) is 1.00. The van der Waals surface area contributed by atoms with E-state index in [0.717, 1.165) is 32.7 Å². The zero-order valence-corrected chi connectivity index (χ0v) is 11.7. The smallest absolute Gasteiger partial charge is 0.0932 e. The molecule has 0 amide bonds. The van der Waals surface area contributed by atoms with Gasteiger partial charge in [-0.3, -0.25) is 4.90 Å². The number of hydrogen-bond acceptors (Lipinski definition) is 4. The highest BCUT2D eigenvalue weighted by atomic mass is 16.5. The van der Waals surface area contributed by atoms with Crippen molar-refractivity contribution in [3.8, 4) is 0 Å².